The molecule has 2 rings (SSSR count). The lowest BCUT2D eigenvalue weighted by Gasteiger charge is -2.16. The van der Waals surface area contributed by atoms with Crippen molar-refractivity contribution in [2.45, 2.75) is 19.4 Å². The third kappa shape index (κ3) is 1.76. The summed E-state index contributed by atoms with van der Waals surface area (Å²) >= 11 is 0. The summed E-state index contributed by atoms with van der Waals surface area (Å²) < 4.78 is 4.73. The molecule has 1 aliphatic rings. The second-order valence-electron chi connectivity index (χ2n) is 4.05. The molecule has 0 aliphatic carbocycles. The number of benzene rings is 1. The van der Waals surface area contributed by atoms with Crippen LogP contribution in [0, 0.1) is 0 Å². The summed E-state index contributed by atoms with van der Waals surface area (Å²) in [5.74, 6) is 0. The first-order chi connectivity index (χ1) is 7.63. The van der Waals surface area contributed by atoms with Crippen molar-refractivity contribution in [2.24, 2.45) is 5.73 Å². The van der Waals surface area contributed by atoms with E-state index in [1.165, 1.54) is 12.7 Å². The largest absolute Gasteiger partial charge is 0.452 e. The molecule has 16 heavy (non-hydrogen) atoms. The van der Waals surface area contributed by atoms with Crippen LogP contribution < -0.4 is 10.6 Å². The van der Waals surface area contributed by atoms with Gasteiger partial charge in [0.1, 0.15) is 0 Å². The van der Waals surface area contributed by atoms with Gasteiger partial charge in [0.25, 0.3) is 0 Å². The van der Waals surface area contributed by atoms with Gasteiger partial charge in [0.15, 0.2) is 0 Å². The second-order valence-corrected chi connectivity index (χ2v) is 4.05. The van der Waals surface area contributed by atoms with Gasteiger partial charge in [-0.3, -0.25) is 4.90 Å². The maximum atomic E-state index is 11.5. The Kier molecular flexibility index (Phi) is 2.83. The maximum absolute atomic E-state index is 11.5. The summed E-state index contributed by atoms with van der Waals surface area (Å²) in [6, 6.07) is 6.00. The van der Waals surface area contributed by atoms with Gasteiger partial charge < -0.3 is 10.5 Å². The Hall–Kier alpha value is -1.55. The summed E-state index contributed by atoms with van der Waals surface area (Å²) in [5.41, 5.74) is 9.03. The smallest absolute Gasteiger partial charge is 0.414 e. The molecule has 0 saturated heterocycles. The van der Waals surface area contributed by atoms with Crippen LogP contribution in [0.25, 0.3) is 0 Å². The summed E-state index contributed by atoms with van der Waals surface area (Å²) in [6.07, 6.45) is 0.567. The van der Waals surface area contributed by atoms with E-state index in [0.29, 0.717) is 6.54 Å². The van der Waals surface area contributed by atoms with Crippen LogP contribution >= 0.6 is 0 Å². The van der Waals surface area contributed by atoms with E-state index in [9.17, 15) is 4.79 Å². The van der Waals surface area contributed by atoms with Crippen LogP contribution in [0.4, 0.5) is 10.5 Å². The van der Waals surface area contributed by atoms with Crippen LogP contribution in [0.1, 0.15) is 24.1 Å². The molecule has 2 N–H and O–H groups in total. The van der Waals surface area contributed by atoms with Crippen molar-refractivity contribution in [3.05, 3.63) is 29.3 Å². The average molecular weight is 220 g/mol. The van der Waals surface area contributed by atoms with Gasteiger partial charge in [-0.25, -0.2) is 4.79 Å². The number of ether oxygens (including phenoxy) is 1. The van der Waals surface area contributed by atoms with Crippen molar-refractivity contribution in [3.8, 4) is 0 Å². The Morgan fingerprint density at radius 2 is 2.31 bits per heavy atom. The molecule has 1 aliphatic heterocycles. The predicted molar refractivity (Wildman–Crippen MR) is 62.5 cm³/mol. The number of hydrogen-bond acceptors (Lipinski definition) is 3. The predicted octanol–water partition coefficient (Wildman–Crippen LogP) is 1.84. The van der Waals surface area contributed by atoms with Gasteiger partial charge in [-0.2, -0.15) is 0 Å². The van der Waals surface area contributed by atoms with E-state index in [1.54, 1.807) is 4.90 Å². The van der Waals surface area contributed by atoms with Gasteiger partial charge in [-0.1, -0.05) is 12.1 Å². The minimum absolute atomic E-state index is 0.0254. The van der Waals surface area contributed by atoms with E-state index >= 15 is 0 Å². The number of rotatable bonds is 1. The van der Waals surface area contributed by atoms with E-state index < -0.39 is 0 Å². The normalized spacial score (nSPS) is 15.8. The summed E-state index contributed by atoms with van der Waals surface area (Å²) in [7, 11) is 1.40. The molecular formula is C12H16N2O2. The fraction of sp³-hybridized carbons (Fsp3) is 0.417. The lowest BCUT2D eigenvalue weighted by atomic mass is 10.0. The van der Waals surface area contributed by atoms with E-state index in [0.717, 1.165) is 17.7 Å². The number of hydrogen-bond donors (Lipinski definition) is 1. The van der Waals surface area contributed by atoms with Crippen molar-refractivity contribution in [1.29, 1.82) is 0 Å². The van der Waals surface area contributed by atoms with Crippen LogP contribution in [0.15, 0.2) is 18.2 Å². The molecular weight excluding hydrogens is 204 g/mol. The third-order valence-corrected chi connectivity index (χ3v) is 2.92. The molecule has 4 nitrogen and oxygen atoms in total. The SMILES string of the molecule is COC(=O)N1CCc2cc(C(C)N)ccc21. The Bertz CT molecular complexity index is 415. The van der Waals surface area contributed by atoms with E-state index in [1.807, 2.05) is 19.1 Å². The minimum atomic E-state index is -0.299. The standard InChI is InChI=1S/C12H16N2O2/c1-8(13)9-3-4-11-10(7-9)5-6-14(11)12(15)16-2/h3-4,7-8H,5-6,13H2,1-2H3. The van der Waals surface area contributed by atoms with Crippen LogP contribution in [-0.2, 0) is 11.2 Å². The van der Waals surface area contributed by atoms with Gasteiger partial charge >= 0.3 is 6.09 Å². The van der Waals surface area contributed by atoms with Gasteiger partial charge in [0.05, 0.1) is 12.8 Å². The van der Waals surface area contributed by atoms with Crippen molar-refractivity contribution in [1.82, 2.24) is 0 Å². The molecule has 0 saturated carbocycles. The quantitative estimate of drug-likeness (QED) is 0.785. The fourth-order valence-electron chi connectivity index (χ4n) is 2.00. The lowest BCUT2D eigenvalue weighted by molar-refractivity contribution is 0.179. The Morgan fingerprint density at radius 1 is 1.56 bits per heavy atom. The number of amides is 1. The highest BCUT2D eigenvalue weighted by Crippen LogP contribution is 2.30. The molecule has 1 aromatic carbocycles. The number of nitrogens with zero attached hydrogens (tertiary/aromatic N) is 1. The van der Waals surface area contributed by atoms with E-state index in [-0.39, 0.29) is 12.1 Å². The van der Waals surface area contributed by atoms with Gasteiger partial charge in [-0.15, -0.1) is 0 Å². The fourth-order valence-corrected chi connectivity index (χ4v) is 2.00. The van der Waals surface area contributed by atoms with E-state index in [4.69, 9.17) is 10.5 Å². The molecule has 0 fully saturated rings. The zero-order chi connectivity index (χ0) is 11.7. The second kappa shape index (κ2) is 4.14. The highest BCUT2D eigenvalue weighted by molar-refractivity contribution is 5.90. The molecule has 1 amide bonds. The number of carbonyl (C=O) groups excluding carboxylic acids is 1. The third-order valence-electron chi connectivity index (χ3n) is 2.92. The van der Waals surface area contributed by atoms with Crippen LogP contribution in [0.3, 0.4) is 0 Å². The zero-order valence-corrected chi connectivity index (χ0v) is 9.56. The van der Waals surface area contributed by atoms with Gasteiger partial charge in [0.2, 0.25) is 0 Å². The molecule has 0 bridgehead atoms. The first-order valence-electron chi connectivity index (χ1n) is 5.37. The Morgan fingerprint density at radius 3 is 2.94 bits per heavy atom. The first-order valence-corrected chi connectivity index (χ1v) is 5.37. The molecule has 0 aromatic heterocycles. The van der Waals surface area contributed by atoms with Crippen molar-refractivity contribution in [2.75, 3.05) is 18.6 Å². The molecule has 1 atom stereocenters. The average Bonchev–Trinajstić information content (AvgIpc) is 2.70. The Labute approximate surface area is 95.0 Å². The number of carbonyl (C=O) groups is 1. The minimum Gasteiger partial charge on any atom is -0.452 e. The number of nitrogens with two attached hydrogens (primary N) is 1. The topological polar surface area (TPSA) is 55.6 Å². The molecule has 0 radical (unpaired) electrons. The number of fused-ring (bicyclic) bond motifs is 1. The summed E-state index contributed by atoms with van der Waals surface area (Å²) in [6.45, 7) is 2.64. The molecule has 4 heteroatoms. The zero-order valence-electron chi connectivity index (χ0n) is 9.56. The first kappa shape index (κ1) is 11.0. The molecule has 1 unspecified atom stereocenters. The van der Waals surface area contributed by atoms with Crippen LogP contribution in [0.2, 0.25) is 0 Å². The van der Waals surface area contributed by atoms with E-state index in [2.05, 4.69) is 6.07 Å². The molecule has 0 spiro atoms. The van der Waals surface area contributed by atoms with Gasteiger partial charge in [-0.05, 0) is 30.5 Å². The molecule has 86 valence electrons. The maximum Gasteiger partial charge on any atom is 0.414 e. The lowest BCUT2D eigenvalue weighted by Crippen LogP contribution is -2.28. The van der Waals surface area contributed by atoms with Crippen molar-refractivity contribution < 1.29 is 9.53 Å². The summed E-state index contributed by atoms with van der Waals surface area (Å²) in [4.78, 5) is 13.1. The Balaban J connectivity index is 2.32. The monoisotopic (exact) mass is 220 g/mol. The van der Waals surface area contributed by atoms with Crippen molar-refractivity contribution in [3.63, 3.8) is 0 Å². The van der Waals surface area contributed by atoms with Crippen LogP contribution in [-0.4, -0.2) is 19.7 Å². The van der Waals surface area contributed by atoms with Crippen molar-refractivity contribution >= 4 is 11.8 Å². The van der Waals surface area contributed by atoms with Crippen LogP contribution in [0.5, 0.6) is 0 Å². The highest BCUT2D eigenvalue weighted by Gasteiger charge is 2.25. The summed E-state index contributed by atoms with van der Waals surface area (Å²) in [5, 5.41) is 0. The number of methoxy groups -OCH3 is 1. The molecule has 1 heterocycles. The molecule has 1 aromatic rings. The highest BCUT2D eigenvalue weighted by atomic mass is 16.5. The van der Waals surface area contributed by atoms with Gasteiger partial charge in [0, 0.05) is 12.6 Å². The number of anilines is 1.